The van der Waals surface area contributed by atoms with Crippen molar-refractivity contribution in [2.75, 3.05) is 38.6 Å². The lowest BCUT2D eigenvalue weighted by Gasteiger charge is -2.16. The lowest BCUT2D eigenvalue weighted by molar-refractivity contribution is 0.389. The average molecular weight is 224 g/mol. The average Bonchev–Trinajstić information content (AvgIpc) is 2.68. The van der Waals surface area contributed by atoms with Gasteiger partial charge in [0.05, 0.1) is 0 Å². The molecule has 0 aliphatic rings. The summed E-state index contributed by atoms with van der Waals surface area (Å²) in [6.07, 6.45) is 2.18. The minimum Gasteiger partial charge on any atom is -0.446 e. The Labute approximate surface area is 99.0 Å². The monoisotopic (exact) mass is 224 g/mol. The fourth-order valence-electron chi connectivity index (χ4n) is 1.78. The van der Waals surface area contributed by atoms with E-state index in [9.17, 15) is 0 Å². The summed E-state index contributed by atoms with van der Waals surface area (Å²) >= 11 is 0. The van der Waals surface area contributed by atoms with Crippen LogP contribution >= 0.6 is 0 Å². The zero-order valence-electron chi connectivity index (χ0n) is 11.0. The van der Waals surface area contributed by atoms with Crippen molar-refractivity contribution in [1.82, 2.24) is 4.90 Å². The maximum Gasteiger partial charge on any atom is 0.195 e. The third-order valence-electron chi connectivity index (χ3n) is 2.75. The van der Waals surface area contributed by atoms with Gasteiger partial charge in [-0.1, -0.05) is 0 Å². The van der Waals surface area contributed by atoms with Gasteiger partial charge >= 0.3 is 0 Å². The fraction of sp³-hybridized carbons (Fsp3) is 0.692. The molecule has 0 aromatic carbocycles. The first-order valence-electron chi connectivity index (χ1n) is 6.15. The summed E-state index contributed by atoms with van der Waals surface area (Å²) in [5.74, 6) is 2.11. The highest BCUT2D eigenvalue weighted by Crippen LogP contribution is 2.19. The molecule has 0 unspecified atom stereocenters. The lowest BCUT2D eigenvalue weighted by atomic mass is 10.2. The van der Waals surface area contributed by atoms with E-state index in [0.29, 0.717) is 0 Å². The van der Waals surface area contributed by atoms with Crippen LogP contribution < -0.4 is 4.90 Å². The molecule has 0 radical (unpaired) electrons. The summed E-state index contributed by atoms with van der Waals surface area (Å²) in [4.78, 5) is 4.43. The predicted molar refractivity (Wildman–Crippen MR) is 69.1 cm³/mol. The molecule has 0 N–H and O–H groups in total. The molecule has 16 heavy (non-hydrogen) atoms. The normalized spacial score (nSPS) is 11.1. The van der Waals surface area contributed by atoms with Crippen LogP contribution in [0.5, 0.6) is 0 Å². The molecule has 92 valence electrons. The summed E-state index contributed by atoms with van der Waals surface area (Å²) in [5.41, 5.74) is 0. The highest BCUT2D eigenvalue weighted by molar-refractivity contribution is 5.35. The molecule has 0 spiro atoms. The smallest absolute Gasteiger partial charge is 0.195 e. The van der Waals surface area contributed by atoms with Crippen molar-refractivity contribution in [2.45, 2.75) is 26.7 Å². The van der Waals surface area contributed by atoms with E-state index in [1.807, 2.05) is 0 Å². The molecule has 3 nitrogen and oxygen atoms in total. The SMILES string of the molecule is CCN(CC)c1ccc(CCCN(C)C)o1. The second kappa shape index (κ2) is 6.59. The Morgan fingerprint density at radius 1 is 1.12 bits per heavy atom. The molecule has 0 bridgehead atoms. The van der Waals surface area contributed by atoms with Crippen molar-refractivity contribution in [3.63, 3.8) is 0 Å². The van der Waals surface area contributed by atoms with Gasteiger partial charge in [0.2, 0.25) is 0 Å². The van der Waals surface area contributed by atoms with Crippen molar-refractivity contribution < 1.29 is 4.42 Å². The van der Waals surface area contributed by atoms with Gasteiger partial charge in [0, 0.05) is 25.6 Å². The van der Waals surface area contributed by atoms with Crippen molar-refractivity contribution >= 4 is 5.88 Å². The van der Waals surface area contributed by atoms with Crippen LogP contribution in [0, 0.1) is 0 Å². The van der Waals surface area contributed by atoms with Crippen LogP contribution in [-0.4, -0.2) is 38.6 Å². The van der Waals surface area contributed by atoms with Crippen molar-refractivity contribution in [3.05, 3.63) is 17.9 Å². The van der Waals surface area contributed by atoms with E-state index in [-0.39, 0.29) is 0 Å². The highest BCUT2D eigenvalue weighted by atomic mass is 16.4. The first kappa shape index (κ1) is 13.1. The van der Waals surface area contributed by atoms with Crippen LogP contribution in [0.1, 0.15) is 26.0 Å². The number of furan rings is 1. The summed E-state index contributed by atoms with van der Waals surface area (Å²) < 4.78 is 5.82. The standard InChI is InChI=1S/C13H24N2O/c1-5-15(6-2)13-10-9-12(16-13)8-7-11-14(3)4/h9-10H,5-8,11H2,1-4H3. The van der Waals surface area contributed by atoms with E-state index in [1.165, 1.54) is 0 Å². The Morgan fingerprint density at radius 2 is 1.81 bits per heavy atom. The first-order chi connectivity index (χ1) is 7.67. The molecule has 1 aromatic rings. The highest BCUT2D eigenvalue weighted by Gasteiger charge is 2.07. The maximum atomic E-state index is 5.82. The molecule has 1 rings (SSSR count). The van der Waals surface area contributed by atoms with Gasteiger partial charge in [-0.25, -0.2) is 0 Å². The molecule has 0 fully saturated rings. The number of aryl methyl sites for hydroxylation is 1. The molecule has 3 heteroatoms. The summed E-state index contributed by atoms with van der Waals surface area (Å²) in [7, 11) is 4.20. The Hall–Kier alpha value is -0.960. The van der Waals surface area contributed by atoms with E-state index in [0.717, 1.165) is 44.1 Å². The van der Waals surface area contributed by atoms with Gasteiger partial charge in [-0.15, -0.1) is 0 Å². The van der Waals surface area contributed by atoms with Crippen LogP contribution in [0.15, 0.2) is 16.5 Å². The van der Waals surface area contributed by atoms with Gasteiger partial charge in [0.15, 0.2) is 5.88 Å². The minimum atomic E-state index is 1.00. The van der Waals surface area contributed by atoms with Gasteiger partial charge in [-0.3, -0.25) is 0 Å². The van der Waals surface area contributed by atoms with Gasteiger partial charge < -0.3 is 14.2 Å². The molecule has 0 saturated heterocycles. The number of anilines is 1. The van der Waals surface area contributed by atoms with Gasteiger partial charge in [-0.2, -0.15) is 0 Å². The predicted octanol–water partition coefficient (Wildman–Crippen LogP) is 2.62. The zero-order valence-corrected chi connectivity index (χ0v) is 11.0. The molecule has 1 aromatic heterocycles. The van der Waals surface area contributed by atoms with E-state index < -0.39 is 0 Å². The Bertz CT molecular complexity index is 290. The zero-order chi connectivity index (χ0) is 12.0. The summed E-state index contributed by atoms with van der Waals surface area (Å²) in [5, 5.41) is 0. The van der Waals surface area contributed by atoms with Gasteiger partial charge in [0.1, 0.15) is 5.76 Å². The topological polar surface area (TPSA) is 19.6 Å². The second-order valence-corrected chi connectivity index (χ2v) is 4.32. The van der Waals surface area contributed by atoms with Crippen LogP contribution in [-0.2, 0) is 6.42 Å². The number of hydrogen-bond donors (Lipinski definition) is 0. The largest absolute Gasteiger partial charge is 0.446 e. The maximum absolute atomic E-state index is 5.82. The third-order valence-corrected chi connectivity index (χ3v) is 2.75. The Morgan fingerprint density at radius 3 is 2.38 bits per heavy atom. The van der Waals surface area contributed by atoms with Crippen LogP contribution in [0.25, 0.3) is 0 Å². The fourth-order valence-corrected chi connectivity index (χ4v) is 1.78. The van der Waals surface area contributed by atoms with Gasteiger partial charge in [-0.05, 0) is 47.0 Å². The van der Waals surface area contributed by atoms with Crippen LogP contribution in [0.3, 0.4) is 0 Å². The molecule has 1 heterocycles. The molecule has 0 aliphatic heterocycles. The van der Waals surface area contributed by atoms with Crippen molar-refractivity contribution in [1.29, 1.82) is 0 Å². The minimum absolute atomic E-state index is 1.00. The molecule has 0 amide bonds. The molecule has 0 atom stereocenters. The quantitative estimate of drug-likeness (QED) is 0.710. The molecule has 0 saturated carbocycles. The number of nitrogens with zero attached hydrogens (tertiary/aromatic N) is 2. The van der Waals surface area contributed by atoms with Crippen molar-refractivity contribution in [2.24, 2.45) is 0 Å². The molecular weight excluding hydrogens is 200 g/mol. The van der Waals surface area contributed by atoms with Gasteiger partial charge in [0.25, 0.3) is 0 Å². The van der Waals surface area contributed by atoms with E-state index in [4.69, 9.17) is 4.42 Å². The Kier molecular flexibility index (Phi) is 5.39. The van der Waals surface area contributed by atoms with Crippen LogP contribution in [0.2, 0.25) is 0 Å². The first-order valence-corrected chi connectivity index (χ1v) is 6.15. The van der Waals surface area contributed by atoms with E-state index >= 15 is 0 Å². The third kappa shape index (κ3) is 3.89. The van der Waals surface area contributed by atoms with E-state index in [1.54, 1.807) is 0 Å². The Balaban J connectivity index is 2.44. The second-order valence-electron chi connectivity index (χ2n) is 4.32. The molecular formula is C13H24N2O. The lowest BCUT2D eigenvalue weighted by Crippen LogP contribution is -2.20. The van der Waals surface area contributed by atoms with E-state index in [2.05, 4.69) is 49.9 Å². The number of rotatable bonds is 7. The summed E-state index contributed by atoms with van der Waals surface area (Å²) in [6, 6.07) is 4.18. The number of hydrogen-bond acceptors (Lipinski definition) is 3. The summed E-state index contributed by atoms with van der Waals surface area (Å²) in [6.45, 7) is 7.42. The van der Waals surface area contributed by atoms with Crippen LogP contribution in [0.4, 0.5) is 5.88 Å². The molecule has 0 aliphatic carbocycles. The van der Waals surface area contributed by atoms with Crippen molar-refractivity contribution in [3.8, 4) is 0 Å².